The molecule has 2 nitrogen and oxygen atoms in total. The van der Waals surface area contributed by atoms with E-state index in [0.29, 0.717) is 0 Å². The number of amides is 1. The zero-order valence-electron chi connectivity index (χ0n) is 13.2. The molecule has 0 aliphatic heterocycles. The number of hydrogen-bond donors (Lipinski definition) is 1. The van der Waals surface area contributed by atoms with Gasteiger partial charge >= 0.3 is 0 Å². The highest BCUT2D eigenvalue weighted by Gasteiger charge is 2.16. The fourth-order valence-corrected chi connectivity index (χ4v) is 2.53. The van der Waals surface area contributed by atoms with E-state index in [1.54, 1.807) is 0 Å². The Bertz CT molecular complexity index is 394. The Hall–Kier alpha value is -1.31. The molecule has 0 radical (unpaired) electrons. The fourth-order valence-electron chi connectivity index (χ4n) is 2.53. The van der Waals surface area contributed by atoms with Crippen LogP contribution in [0.4, 0.5) is 5.69 Å². The summed E-state index contributed by atoms with van der Waals surface area (Å²) in [5.74, 6) is 0.339. The van der Waals surface area contributed by atoms with Crippen molar-refractivity contribution in [3.8, 4) is 0 Å². The van der Waals surface area contributed by atoms with Gasteiger partial charge in [0.05, 0.1) is 0 Å². The first-order valence-corrected chi connectivity index (χ1v) is 8.11. The van der Waals surface area contributed by atoms with E-state index in [9.17, 15) is 4.79 Å². The second kappa shape index (κ2) is 9.57. The van der Waals surface area contributed by atoms with Crippen molar-refractivity contribution in [3.05, 3.63) is 29.8 Å². The minimum atomic E-state index is 0.157. The summed E-state index contributed by atoms with van der Waals surface area (Å²) >= 11 is 0. The molecule has 0 fully saturated rings. The molecule has 0 heterocycles. The molecule has 112 valence electrons. The number of benzene rings is 1. The molecule has 0 aliphatic rings. The third-order valence-corrected chi connectivity index (χ3v) is 3.66. The van der Waals surface area contributed by atoms with Gasteiger partial charge in [0.2, 0.25) is 5.91 Å². The van der Waals surface area contributed by atoms with E-state index in [0.717, 1.165) is 37.8 Å². The Kier molecular flexibility index (Phi) is 8.01. The fraction of sp³-hybridized carbons (Fsp3) is 0.611. The van der Waals surface area contributed by atoms with Crippen LogP contribution in [0.1, 0.15) is 64.9 Å². The standard InChI is InChI=1S/C18H29NO/c1-4-7-11-15-12-8-13-17(14-15)19-18(20)16(9-5-2)10-6-3/h8,12-14,16H,4-7,9-11H2,1-3H3,(H,19,20). The van der Waals surface area contributed by atoms with Gasteiger partial charge in [-0.1, -0.05) is 52.2 Å². The van der Waals surface area contributed by atoms with Crippen molar-refractivity contribution in [2.75, 3.05) is 5.32 Å². The molecule has 0 aromatic heterocycles. The second-order valence-corrected chi connectivity index (χ2v) is 5.57. The molecule has 0 aliphatic carbocycles. The number of unbranched alkanes of at least 4 members (excludes halogenated alkanes) is 1. The average Bonchev–Trinajstić information content (AvgIpc) is 2.45. The second-order valence-electron chi connectivity index (χ2n) is 5.57. The number of rotatable bonds is 9. The molecular weight excluding hydrogens is 246 g/mol. The van der Waals surface area contributed by atoms with E-state index >= 15 is 0 Å². The van der Waals surface area contributed by atoms with E-state index < -0.39 is 0 Å². The SMILES string of the molecule is CCCCc1cccc(NC(=O)C(CCC)CCC)c1. The van der Waals surface area contributed by atoms with Crippen molar-refractivity contribution in [3.63, 3.8) is 0 Å². The van der Waals surface area contributed by atoms with Crippen LogP contribution >= 0.6 is 0 Å². The first-order chi connectivity index (χ1) is 9.71. The zero-order chi connectivity index (χ0) is 14.8. The van der Waals surface area contributed by atoms with Gasteiger partial charge in [-0.3, -0.25) is 4.79 Å². The Morgan fingerprint density at radius 2 is 1.80 bits per heavy atom. The van der Waals surface area contributed by atoms with Gasteiger partial charge in [-0.2, -0.15) is 0 Å². The van der Waals surface area contributed by atoms with Crippen molar-refractivity contribution in [2.45, 2.75) is 65.7 Å². The summed E-state index contributed by atoms with van der Waals surface area (Å²) in [6.07, 6.45) is 7.58. The molecule has 0 saturated heterocycles. The maximum Gasteiger partial charge on any atom is 0.227 e. The van der Waals surface area contributed by atoms with Gasteiger partial charge in [0.1, 0.15) is 0 Å². The molecule has 0 spiro atoms. The average molecular weight is 275 g/mol. The van der Waals surface area contributed by atoms with Crippen LogP contribution < -0.4 is 5.32 Å². The van der Waals surface area contributed by atoms with E-state index in [4.69, 9.17) is 0 Å². The quantitative estimate of drug-likeness (QED) is 0.660. The number of anilines is 1. The topological polar surface area (TPSA) is 29.1 Å². The molecule has 1 N–H and O–H groups in total. The van der Waals surface area contributed by atoms with Crippen molar-refractivity contribution >= 4 is 11.6 Å². The van der Waals surface area contributed by atoms with Crippen LogP contribution in [-0.4, -0.2) is 5.91 Å². The number of hydrogen-bond acceptors (Lipinski definition) is 1. The van der Waals surface area contributed by atoms with E-state index in [-0.39, 0.29) is 11.8 Å². The highest BCUT2D eigenvalue weighted by atomic mass is 16.1. The molecule has 20 heavy (non-hydrogen) atoms. The lowest BCUT2D eigenvalue weighted by Crippen LogP contribution is -2.22. The van der Waals surface area contributed by atoms with Crippen molar-refractivity contribution in [2.24, 2.45) is 5.92 Å². The third kappa shape index (κ3) is 5.77. The molecule has 1 rings (SSSR count). The monoisotopic (exact) mass is 275 g/mol. The molecule has 2 heteroatoms. The largest absolute Gasteiger partial charge is 0.326 e. The predicted molar refractivity (Wildman–Crippen MR) is 87.0 cm³/mol. The summed E-state index contributed by atoms with van der Waals surface area (Å²) in [7, 11) is 0. The Morgan fingerprint density at radius 3 is 2.40 bits per heavy atom. The van der Waals surface area contributed by atoms with Crippen LogP contribution in [0.2, 0.25) is 0 Å². The highest BCUT2D eigenvalue weighted by molar-refractivity contribution is 5.92. The zero-order valence-corrected chi connectivity index (χ0v) is 13.2. The molecule has 0 atom stereocenters. The molecule has 0 unspecified atom stereocenters. The van der Waals surface area contributed by atoms with E-state index in [2.05, 4.69) is 38.2 Å². The molecule has 1 amide bonds. The van der Waals surface area contributed by atoms with Crippen LogP contribution in [-0.2, 0) is 11.2 Å². The van der Waals surface area contributed by atoms with Crippen LogP contribution in [0.5, 0.6) is 0 Å². The van der Waals surface area contributed by atoms with Gasteiger partial charge in [-0.15, -0.1) is 0 Å². The van der Waals surface area contributed by atoms with Crippen molar-refractivity contribution in [1.82, 2.24) is 0 Å². The van der Waals surface area contributed by atoms with Crippen LogP contribution in [0.3, 0.4) is 0 Å². The van der Waals surface area contributed by atoms with Gasteiger partial charge < -0.3 is 5.32 Å². The van der Waals surface area contributed by atoms with E-state index in [1.807, 2.05) is 12.1 Å². The maximum absolute atomic E-state index is 12.3. The summed E-state index contributed by atoms with van der Waals surface area (Å²) in [4.78, 5) is 12.3. The molecule has 0 saturated carbocycles. The van der Waals surface area contributed by atoms with Gasteiger partial charge in [-0.05, 0) is 43.4 Å². The van der Waals surface area contributed by atoms with Gasteiger partial charge in [0, 0.05) is 11.6 Å². The lowest BCUT2D eigenvalue weighted by Gasteiger charge is -2.15. The van der Waals surface area contributed by atoms with E-state index in [1.165, 1.54) is 18.4 Å². The molecular formula is C18H29NO. The Labute approximate surface area is 124 Å². The predicted octanol–water partition coefficient (Wildman–Crippen LogP) is 5.18. The number of carbonyl (C=O) groups is 1. The summed E-state index contributed by atoms with van der Waals surface area (Å²) in [5.41, 5.74) is 2.26. The van der Waals surface area contributed by atoms with Crippen LogP contribution in [0, 0.1) is 5.92 Å². The van der Waals surface area contributed by atoms with Gasteiger partial charge in [-0.25, -0.2) is 0 Å². The molecule has 1 aromatic rings. The summed E-state index contributed by atoms with van der Waals surface area (Å²) in [6, 6.07) is 8.28. The lowest BCUT2D eigenvalue weighted by molar-refractivity contribution is -0.120. The maximum atomic E-state index is 12.3. The molecule has 0 bridgehead atoms. The highest BCUT2D eigenvalue weighted by Crippen LogP contribution is 2.18. The number of nitrogens with one attached hydrogen (secondary N) is 1. The van der Waals surface area contributed by atoms with Gasteiger partial charge in [0.25, 0.3) is 0 Å². The summed E-state index contributed by atoms with van der Waals surface area (Å²) in [5, 5.41) is 3.09. The van der Waals surface area contributed by atoms with Gasteiger partial charge in [0.15, 0.2) is 0 Å². The Morgan fingerprint density at radius 1 is 1.10 bits per heavy atom. The summed E-state index contributed by atoms with van der Waals surface area (Å²) < 4.78 is 0. The normalized spacial score (nSPS) is 10.8. The minimum absolute atomic E-state index is 0.157. The van der Waals surface area contributed by atoms with Crippen LogP contribution in [0.15, 0.2) is 24.3 Å². The van der Waals surface area contributed by atoms with Crippen LogP contribution in [0.25, 0.3) is 0 Å². The lowest BCUT2D eigenvalue weighted by atomic mass is 9.97. The molecule has 1 aromatic carbocycles. The minimum Gasteiger partial charge on any atom is -0.326 e. The van der Waals surface area contributed by atoms with Crippen molar-refractivity contribution < 1.29 is 4.79 Å². The first kappa shape index (κ1) is 16.7. The number of carbonyl (C=O) groups excluding carboxylic acids is 1. The Balaban J connectivity index is 2.63. The first-order valence-electron chi connectivity index (χ1n) is 8.11. The smallest absolute Gasteiger partial charge is 0.227 e. The number of aryl methyl sites for hydroxylation is 1. The summed E-state index contributed by atoms with van der Waals surface area (Å²) in [6.45, 7) is 6.48. The third-order valence-electron chi connectivity index (χ3n) is 3.66. The van der Waals surface area contributed by atoms with Crippen molar-refractivity contribution in [1.29, 1.82) is 0 Å².